The van der Waals surface area contributed by atoms with E-state index < -0.39 is 0 Å². The van der Waals surface area contributed by atoms with E-state index in [-0.39, 0.29) is 5.91 Å². The minimum atomic E-state index is -0.266. The zero-order valence-electron chi connectivity index (χ0n) is 8.36. The Morgan fingerprint density at radius 1 is 1.62 bits per heavy atom. The number of nitriles is 1. The van der Waals surface area contributed by atoms with Gasteiger partial charge in [-0.3, -0.25) is 4.79 Å². The van der Waals surface area contributed by atoms with Gasteiger partial charge in [0.15, 0.2) is 0 Å². The molecule has 0 saturated heterocycles. The lowest BCUT2D eigenvalue weighted by molar-refractivity contribution is 0.0943. The first kappa shape index (κ1) is 10.1. The largest absolute Gasteiger partial charge is 0.467 e. The Morgan fingerprint density at radius 3 is 3.12 bits per heavy atom. The van der Waals surface area contributed by atoms with Crippen LogP contribution in [0.5, 0.6) is 0 Å². The molecule has 2 aromatic heterocycles. The summed E-state index contributed by atoms with van der Waals surface area (Å²) < 4.78 is 5.07. The number of hydrogen-bond acceptors (Lipinski definition) is 3. The molecule has 0 aliphatic heterocycles. The number of hydrogen-bond donors (Lipinski definition) is 2. The third-order valence-electron chi connectivity index (χ3n) is 2.06. The number of H-pyrrole nitrogens is 1. The molecule has 80 valence electrons. The summed E-state index contributed by atoms with van der Waals surface area (Å²) in [7, 11) is 0. The smallest absolute Gasteiger partial charge is 0.268 e. The summed E-state index contributed by atoms with van der Waals surface area (Å²) in [6.07, 6.45) is 3.03. The Labute approximate surface area is 91.7 Å². The van der Waals surface area contributed by atoms with Crippen molar-refractivity contribution >= 4 is 5.91 Å². The molecule has 0 fully saturated rings. The molecular weight excluding hydrogens is 206 g/mol. The van der Waals surface area contributed by atoms with Crippen LogP contribution >= 0.6 is 0 Å². The molecule has 0 radical (unpaired) electrons. The summed E-state index contributed by atoms with van der Waals surface area (Å²) in [6, 6.07) is 6.97. The molecule has 0 spiro atoms. The maximum absolute atomic E-state index is 11.6. The number of carbonyl (C=O) groups is 1. The molecule has 0 aliphatic rings. The highest BCUT2D eigenvalue weighted by atomic mass is 16.3. The van der Waals surface area contributed by atoms with E-state index in [4.69, 9.17) is 9.68 Å². The van der Waals surface area contributed by atoms with Gasteiger partial charge >= 0.3 is 0 Å². The molecule has 5 heteroatoms. The highest BCUT2D eigenvalue weighted by molar-refractivity contribution is 5.92. The molecule has 0 aliphatic carbocycles. The van der Waals surface area contributed by atoms with Crippen molar-refractivity contribution in [2.45, 2.75) is 6.54 Å². The van der Waals surface area contributed by atoms with Gasteiger partial charge in [-0.2, -0.15) is 5.26 Å². The zero-order chi connectivity index (χ0) is 11.4. The first-order valence-electron chi connectivity index (χ1n) is 4.68. The third kappa shape index (κ3) is 2.12. The topological polar surface area (TPSA) is 81.8 Å². The number of amides is 1. The number of furan rings is 1. The highest BCUT2D eigenvalue weighted by Crippen LogP contribution is 2.03. The van der Waals surface area contributed by atoms with Crippen molar-refractivity contribution in [2.24, 2.45) is 0 Å². The van der Waals surface area contributed by atoms with E-state index >= 15 is 0 Å². The number of nitrogens with zero attached hydrogens (tertiary/aromatic N) is 1. The lowest BCUT2D eigenvalue weighted by Crippen LogP contribution is -2.22. The zero-order valence-corrected chi connectivity index (χ0v) is 8.36. The van der Waals surface area contributed by atoms with E-state index in [1.54, 1.807) is 18.4 Å². The van der Waals surface area contributed by atoms with E-state index in [0.717, 1.165) is 0 Å². The molecule has 16 heavy (non-hydrogen) atoms. The van der Waals surface area contributed by atoms with E-state index in [2.05, 4.69) is 10.3 Å². The lowest BCUT2D eigenvalue weighted by atomic mass is 10.3. The average molecular weight is 215 g/mol. The molecule has 5 nitrogen and oxygen atoms in total. The molecule has 0 bridgehead atoms. The molecule has 0 atom stereocenters. The monoisotopic (exact) mass is 215 g/mol. The summed E-state index contributed by atoms with van der Waals surface area (Å²) in [6.45, 7) is 0.326. The van der Waals surface area contributed by atoms with E-state index in [1.807, 2.05) is 6.07 Å². The van der Waals surface area contributed by atoms with Crippen molar-refractivity contribution in [3.63, 3.8) is 0 Å². The highest BCUT2D eigenvalue weighted by Gasteiger charge is 2.08. The number of rotatable bonds is 3. The van der Waals surface area contributed by atoms with Crippen molar-refractivity contribution in [1.82, 2.24) is 10.3 Å². The van der Waals surface area contributed by atoms with Crippen LogP contribution in [0.3, 0.4) is 0 Å². The Balaban J connectivity index is 1.96. The number of aromatic amines is 1. The fourth-order valence-corrected chi connectivity index (χ4v) is 1.27. The number of carbonyl (C=O) groups excluding carboxylic acids is 1. The fraction of sp³-hybridized carbons (Fsp3) is 0.0909. The second-order valence-electron chi connectivity index (χ2n) is 3.18. The SMILES string of the molecule is N#Cc1c[nH]c(C(=O)NCc2ccco2)c1. The standard InChI is InChI=1S/C11H9N3O2/c12-5-8-4-10(13-6-8)11(15)14-7-9-2-1-3-16-9/h1-4,6,13H,7H2,(H,14,15). The van der Waals surface area contributed by atoms with E-state index in [1.165, 1.54) is 12.3 Å². The maximum atomic E-state index is 11.6. The van der Waals surface area contributed by atoms with Gasteiger partial charge in [0.2, 0.25) is 0 Å². The normalized spacial score (nSPS) is 9.69. The first-order chi connectivity index (χ1) is 7.79. The molecule has 2 heterocycles. The van der Waals surface area contributed by atoms with Gasteiger partial charge in [-0.05, 0) is 18.2 Å². The van der Waals surface area contributed by atoms with Gasteiger partial charge in [-0.15, -0.1) is 0 Å². The molecule has 1 amide bonds. The van der Waals surface area contributed by atoms with Gasteiger partial charge in [0.1, 0.15) is 17.5 Å². The van der Waals surface area contributed by atoms with Crippen LogP contribution in [-0.2, 0) is 6.54 Å². The van der Waals surface area contributed by atoms with Gasteiger partial charge in [-0.25, -0.2) is 0 Å². The lowest BCUT2D eigenvalue weighted by Gasteiger charge is -2.00. The molecule has 2 aromatic rings. The molecule has 2 rings (SSSR count). The van der Waals surface area contributed by atoms with Crippen LogP contribution in [0, 0.1) is 11.3 Å². The van der Waals surface area contributed by atoms with Crippen LogP contribution in [0.25, 0.3) is 0 Å². The van der Waals surface area contributed by atoms with Gasteiger partial charge in [-0.1, -0.05) is 0 Å². The van der Waals surface area contributed by atoms with Crippen LogP contribution in [-0.4, -0.2) is 10.9 Å². The average Bonchev–Trinajstić information content (AvgIpc) is 2.96. The second kappa shape index (κ2) is 4.36. The Hall–Kier alpha value is -2.48. The van der Waals surface area contributed by atoms with Crippen LogP contribution in [0.1, 0.15) is 21.8 Å². The van der Waals surface area contributed by atoms with Crippen LogP contribution < -0.4 is 5.32 Å². The first-order valence-corrected chi connectivity index (χ1v) is 4.68. The molecule has 0 saturated carbocycles. The number of nitrogens with one attached hydrogen (secondary N) is 2. The van der Waals surface area contributed by atoms with Gasteiger partial charge < -0.3 is 14.7 Å². The molecule has 2 N–H and O–H groups in total. The van der Waals surface area contributed by atoms with Crippen molar-refractivity contribution in [3.8, 4) is 6.07 Å². The summed E-state index contributed by atoms with van der Waals surface area (Å²) in [5.74, 6) is 0.415. The predicted molar refractivity (Wildman–Crippen MR) is 55.4 cm³/mol. The summed E-state index contributed by atoms with van der Waals surface area (Å²) >= 11 is 0. The quantitative estimate of drug-likeness (QED) is 0.812. The Bertz CT molecular complexity index is 520. The van der Waals surface area contributed by atoms with Crippen molar-refractivity contribution in [2.75, 3.05) is 0 Å². The van der Waals surface area contributed by atoms with Crippen molar-refractivity contribution < 1.29 is 9.21 Å². The van der Waals surface area contributed by atoms with Gasteiger partial charge in [0, 0.05) is 6.20 Å². The molecule has 0 unspecified atom stereocenters. The Kier molecular flexibility index (Phi) is 2.74. The number of aromatic nitrogens is 1. The van der Waals surface area contributed by atoms with E-state index in [0.29, 0.717) is 23.6 Å². The van der Waals surface area contributed by atoms with Gasteiger partial charge in [0.25, 0.3) is 5.91 Å². The van der Waals surface area contributed by atoms with Crippen LogP contribution in [0.4, 0.5) is 0 Å². The van der Waals surface area contributed by atoms with Crippen LogP contribution in [0.2, 0.25) is 0 Å². The molecular formula is C11H9N3O2. The minimum absolute atomic E-state index is 0.266. The Morgan fingerprint density at radius 2 is 2.50 bits per heavy atom. The van der Waals surface area contributed by atoms with Crippen LogP contribution in [0.15, 0.2) is 35.1 Å². The van der Waals surface area contributed by atoms with E-state index in [9.17, 15) is 4.79 Å². The van der Waals surface area contributed by atoms with Crippen molar-refractivity contribution in [1.29, 1.82) is 5.26 Å². The maximum Gasteiger partial charge on any atom is 0.268 e. The second-order valence-corrected chi connectivity index (χ2v) is 3.18. The minimum Gasteiger partial charge on any atom is -0.467 e. The summed E-state index contributed by atoms with van der Waals surface area (Å²) in [5.41, 5.74) is 0.797. The van der Waals surface area contributed by atoms with Gasteiger partial charge in [0.05, 0.1) is 18.4 Å². The predicted octanol–water partition coefficient (Wildman–Crippen LogP) is 1.41. The summed E-state index contributed by atoms with van der Waals surface area (Å²) in [5, 5.41) is 11.3. The summed E-state index contributed by atoms with van der Waals surface area (Å²) in [4.78, 5) is 14.3. The van der Waals surface area contributed by atoms with Crippen molar-refractivity contribution in [3.05, 3.63) is 47.7 Å². The fourth-order valence-electron chi connectivity index (χ4n) is 1.27. The molecule has 0 aromatic carbocycles. The third-order valence-corrected chi connectivity index (χ3v) is 2.06.